The standard InChI is InChI=1S/C23H16O11.C20H30NO3.BrH.2Na/c24-11(9-31-14-3-1-5-16-20(14)12(25)7-18(33-16)22(27)28)10-32-15-4-2-6-17-21(15)13(26)8-19(34-17)23(29)30;1-14(2)21(3)16-9-10-17(21)12-18(11-16)24-20(23)19(13-22)15-7-5-4-6-8-15;;;/h1-8,11,24H,9-10H2,(H,27,28)(H,29,30);4-8,14,16-19,22H,9-13H2,1-3H3;1H;;/q;+1;;2*+1/p-3/t;16-,17+,18+,19?,21+;;;. The molecule has 4 heterocycles. The van der Waals surface area contributed by atoms with Gasteiger partial charge in [-0.05, 0) is 43.7 Å². The third-order valence-corrected chi connectivity index (χ3v) is 11.2. The number of aliphatic hydroxyl groups is 2. The number of carbonyl (C=O) groups is 3. The van der Waals surface area contributed by atoms with Crippen molar-refractivity contribution in [3.63, 3.8) is 0 Å². The quantitative estimate of drug-likeness (QED) is 0.0637. The summed E-state index contributed by atoms with van der Waals surface area (Å²) < 4.78 is 28.2. The monoisotopic (exact) mass is 923 g/mol. The van der Waals surface area contributed by atoms with Gasteiger partial charge >= 0.3 is 65.1 Å². The van der Waals surface area contributed by atoms with Crippen molar-refractivity contribution in [1.29, 1.82) is 0 Å². The van der Waals surface area contributed by atoms with Gasteiger partial charge in [0, 0.05) is 37.8 Å². The van der Waals surface area contributed by atoms with Crippen LogP contribution in [-0.4, -0.2) is 89.8 Å². The molecule has 5 atom stereocenters. The summed E-state index contributed by atoms with van der Waals surface area (Å²) >= 11 is 0. The molecule has 0 spiro atoms. The number of esters is 1. The van der Waals surface area contributed by atoms with Gasteiger partial charge in [0.1, 0.15) is 76.7 Å². The topological polar surface area (TPSA) is 226 Å². The van der Waals surface area contributed by atoms with Gasteiger partial charge in [0.05, 0.1) is 31.8 Å². The summed E-state index contributed by atoms with van der Waals surface area (Å²) in [5.74, 6) is -5.30. The molecular formula is C43H44BrNNa2O14. The van der Waals surface area contributed by atoms with Crippen molar-refractivity contribution >= 4 is 39.8 Å². The Morgan fingerprint density at radius 2 is 1.23 bits per heavy atom. The predicted molar refractivity (Wildman–Crippen MR) is 204 cm³/mol. The molecule has 2 saturated heterocycles. The van der Waals surface area contributed by atoms with Crippen molar-refractivity contribution in [2.45, 2.75) is 75.8 Å². The van der Waals surface area contributed by atoms with Gasteiger partial charge in [0.25, 0.3) is 0 Å². The predicted octanol–water partition coefficient (Wildman–Crippen LogP) is -6.69. The molecule has 61 heavy (non-hydrogen) atoms. The van der Waals surface area contributed by atoms with E-state index in [0.29, 0.717) is 18.1 Å². The fraction of sp³-hybridized carbons (Fsp3) is 0.372. The van der Waals surface area contributed by atoms with E-state index in [2.05, 4.69) is 20.9 Å². The van der Waals surface area contributed by atoms with Crippen molar-refractivity contribution in [3.8, 4) is 11.5 Å². The smallest absolute Gasteiger partial charge is 1.00 e. The molecule has 0 saturated carbocycles. The van der Waals surface area contributed by atoms with E-state index in [1.54, 1.807) is 0 Å². The number of fused-ring (bicyclic) bond motifs is 4. The van der Waals surface area contributed by atoms with Gasteiger partial charge in [-0.25, -0.2) is 0 Å². The third-order valence-electron chi connectivity index (χ3n) is 11.2. The molecule has 2 N–H and O–H groups in total. The number of nitrogens with zero attached hydrogens (tertiary/aromatic N) is 1. The van der Waals surface area contributed by atoms with E-state index in [1.807, 2.05) is 30.3 Å². The molecule has 2 fully saturated rings. The average Bonchev–Trinajstić information content (AvgIpc) is 3.35. The molecule has 3 aromatic carbocycles. The first-order valence-corrected chi connectivity index (χ1v) is 18.9. The van der Waals surface area contributed by atoms with Gasteiger partial charge in [-0.3, -0.25) is 14.4 Å². The van der Waals surface area contributed by atoms with E-state index in [4.69, 9.17) is 23.0 Å². The Morgan fingerprint density at radius 3 is 1.64 bits per heavy atom. The van der Waals surface area contributed by atoms with E-state index < -0.39 is 46.3 Å². The van der Waals surface area contributed by atoms with Crippen molar-refractivity contribution in [2.75, 3.05) is 26.9 Å². The van der Waals surface area contributed by atoms with Crippen LogP contribution in [0.2, 0.25) is 0 Å². The maximum absolute atomic E-state index is 12.6. The summed E-state index contributed by atoms with van der Waals surface area (Å²) in [6, 6.07) is 21.3. The van der Waals surface area contributed by atoms with E-state index in [1.165, 1.54) is 49.2 Å². The molecule has 2 aliphatic rings. The number of carboxylic acid groups (broad SMARTS) is 2. The van der Waals surface area contributed by atoms with Gasteiger partial charge in [-0.2, -0.15) is 0 Å². The molecule has 0 radical (unpaired) electrons. The van der Waals surface area contributed by atoms with Crippen molar-refractivity contribution in [3.05, 3.63) is 116 Å². The van der Waals surface area contributed by atoms with Crippen LogP contribution in [0.4, 0.5) is 0 Å². The second kappa shape index (κ2) is 22.7. The van der Waals surface area contributed by atoms with Crippen molar-refractivity contribution in [2.24, 2.45) is 0 Å². The average molecular weight is 925 g/mol. The number of rotatable bonds is 13. The minimum atomic E-state index is -1.64. The summed E-state index contributed by atoms with van der Waals surface area (Å²) in [5, 5.41) is 41.8. The molecule has 5 aromatic rings. The first kappa shape index (κ1) is 51.8. The molecule has 2 aliphatic heterocycles. The largest absolute Gasteiger partial charge is 1.00 e. The number of hydrogen-bond acceptors (Lipinski definition) is 14. The van der Waals surface area contributed by atoms with E-state index in [9.17, 15) is 44.4 Å². The molecule has 7 rings (SSSR count). The first-order valence-electron chi connectivity index (χ1n) is 18.9. The number of ether oxygens (including phenoxy) is 3. The fourth-order valence-electron chi connectivity index (χ4n) is 8.04. The minimum absolute atomic E-state index is 0. The second-order valence-corrected chi connectivity index (χ2v) is 14.9. The number of hydrogen-bond donors (Lipinski definition) is 2. The van der Waals surface area contributed by atoms with Crippen LogP contribution >= 0.6 is 0 Å². The van der Waals surface area contributed by atoms with Crippen LogP contribution in [0.25, 0.3) is 21.9 Å². The van der Waals surface area contributed by atoms with Crippen LogP contribution in [-0.2, 0) is 9.53 Å². The minimum Gasteiger partial charge on any atom is -1.00 e. The summed E-state index contributed by atoms with van der Waals surface area (Å²) in [5.41, 5.74) is -0.575. The molecule has 18 heteroatoms. The Kier molecular flexibility index (Phi) is 19.3. The van der Waals surface area contributed by atoms with E-state index in [-0.39, 0.29) is 141 Å². The Hall–Kier alpha value is -3.55. The van der Waals surface area contributed by atoms with Gasteiger partial charge < -0.3 is 74.5 Å². The van der Waals surface area contributed by atoms with Crippen LogP contribution in [0.15, 0.2) is 97.3 Å². The Morgan fingerprint density at radius 1 is 0.770 bits per heavy atom. The van der Waals surface area contributed by atoms with Crippen molar-refractivity contribution in [1.82, 2.24) is 0 Å². The molecule has 15 nitrogen and oxygen atoms in total. The molecule has 0 amide bonds. The summed E-state index contributed by atoms with van der Waals surface area (Å²) in [4.78, 5) is 59.1. The Balaban J connectivity index is 0.000000327. The number of carbonyl (C=O) groups excluding carboxylic acids is 3. The number of benzene rings is 3. The van der Waals surface area contributed by atoms with Crippen LogP contribution < -0.4 is 107 Å². The van der Waals surface area contributed by atoms with Gasteiger partial charge in [-0.1, -0.05) is 42.5 Å². The number of aromatic carboxylic acids is 2. The number of quaternary nitrogens is 1. The maximum Gasteiger partial charge on any atom is 1.00 e. The fourth-order valence-corrected chi connectivity index (χ4v) is 8.04. The molecular weight excluding hydrogens is 880 g/mol. The summed E-state index contributed by atoms with van der Waals surface area (Å²) in [7, 11) is 2.37. The zero-order valence-corrected chi connectivity index (χ0v) is 40.1. The number of aliphatic hydroxyl groups excluding tert-OH is 2. The number of carboxylic acids is 2. The van der Waals surface area contributed by atoms with E-state index >= 15 is 0 Å². The first-order chi connectivity index (χ1) is 27.7. The SMILES string of the molecule is CC(C)[N@@+]1(C)[C@@H]2CC[C@H]1C[C@@H](OC(=O)C(CO)c1ccccc1)C2.O=C([O-])c1cc(=O)c2c(OCC(O)COc3cccc4oc(C(=O)[O-])cc(=O)c34)cccc2o1.[Br-].[Na+].[Na+]. The van der Waals surface area contributed by atoms with E-state index in [0.717, 1.165) is 35.0 Å². The second-order valence-electron chi connectivity index (χ2n) is 14.9. The van der Waals surface area contributed by atoms with Crippen LogP contribution in [0.5, 0.6) is 11.5 Å². The zero-order valence-electron chi connectivity index (χ0n) is 34.5. The zero-order chi connectivity index (χ0) is 41.7. The molecule has 314 valence electrons. The number of piperidine rings is 1. The van der Waals surface area contributed by atoms with Crippen LogP contribution in [0.3, 0.4) is 0 Å². The third kappa shape index (κ3) is 11.7. The van der Waals surface area contributed by atoms with Crippen LogP contribution in [0, 0.1) is 0 Å². The van der Waals surface area contributed by atoms with Crippen LogP contribution in [0.1, 0.15) is 72.1 Å². The van der Waals surface area contributed by atoms with Gasteiger partial charge in [0.15, 0.2) is 22.4 Å². The summed E-state index contributed by atoms with van der Waals surface area (Å²) in [6.07, 6.45) is 3.14. The summed E-state index contributed by atoms with van der Waals surface area (Å²) in [6.45, 7) is 3.75. The van der Waals surface area contributed by atoms with Crippen molar-refractivity contribution < 1.29 is 138 Å². The molecule has 2 aromatic heterocycles. The molecule has 0 aliphatic carbocycles. The Bertz CT molecular complexity index is 2300. The maximum atomic E-state index is 12.6. The molecule has 2 bridgehead atoms. The number of halogens is 1. The normalized spacial score (nSPS) is 19.4. The molecule has 1 unspecified atom stereocenters. The Labute approximate surface area is 405 Å². The van der Waals surface area contributed by atoms with Gasteiger partial charge in [0.2, 0.25) is 0 Å². The van der Waals surface area contributed by atoms with Gasteiger partial charge in [-0.15, -0.1) is 0 Å².